The Hall–Kier alpha value is -1.27. The molecule has 1 rings (SSSR count). The van der Waals surface area contributed by atoms with Crippen molar-refractivity contribution in [2.24, 2.45) is 0 Å². The second-order valence-corrected chi connectivity index (χ2v) is 3.80. The normalized spacial score (nSPS) is 10.7. The van der Waals surface area contributed by atoms with Crippen molar-refractivity contribution in [1.82, 2.24) is 15.0 Å². The van der Waals surface area contributed by atoms with E-state index in [1.165, 1.54) is 0 Å². The van der Waals surface area contributed by atoms with Crippen LogP contribution in [0.1, 0.15) is 19.0 Å². The van der Waals surface area contributed by atoms with Gasteiger partial charge >= 0.3 is 0 Å². The second-order valence-electron chi connectivity index (χ2n) is 3.80. The zero-order valence-corrected chi connectivity index (χ0v) is 10.4. The zero-order valence-electron chi connectivity index (χ0n) is 10.4. The van der Waals surface area contributed by atoms with Crippen LogP contribution in [0, 0.1) is 6.92 Å². The molecule has 6 heteroatoms. The van der Waals surface area contributed by atoms with Crippen LogP contribution < -0.4 is 0 Å². The summed E-state index contributed by atoms with van der Waals surface area (Å²) in [5.41, 5.74) is 0.901. The van der Waals surface area contributed by atoms with Gasteiger partial charge in [0.05, 0.1) is 38.7 Å². The Balaban J connectivity index is 1.89. The number of Topliss-reactive ketones (excluding diaryl/α,β-unsaturated/α-hetero) is 1. The van der Waals surface area contributed by atoms with Crippen molar-refractivity contribution in [3.8, 4) is 0 Å². The smallest absolute Gasteiger partial charge is 0.132 e. The van der Waals surface area contributed by atoms with Gasteiger partial charge in [-0.25, -0.2) is 4.68 Å². The molecular formula is C11H19N3O3. The highest BCUT2D eigenvalue weighted by atomic mass is 16.5. The van der Waals surface area contributed by atoms with Crippen molar-refractivity contribution in [2.75, 3.05) is 26.4 Å². The number of nitrogens with zero attached hydrogens (tertiary/aromatic N) is 3. The first kappa shape index (κ1) is 13.8. The largest absolute Gasteiger partial charge is 0.379 e. The van der Waals surface area contributed by atoms with Crippen molar-refractivity contribution in [1.29, 1.82) is 0 Å². The Morgan fingerprint density at radius 1 is 1.29 bits per heavy atom. The molecule has 0 unspecified atom stereocenters. The summed E-state index contributed by atoms with van der Waals surface area (Å²) in [7, 11) is 0. The van der Waals surface area contributed by atoms with Gasteiger partial charge in [-0.15, -0.1) is 5.10 Å². The SMILES string of the molecule is CC(=O)CCOCCOCCn1cc(C)nn1. The maximum absolute atomic E-state index is 10.6. The van der Waals surface area contributed by atoms with Gasteiger partial charge in [-0.1, -0.05) is 5.21 Å². The first-order chi connectivity index (χ1) is 8.18. The molecule has 6 nitrogen and oxygen atoms in total. The third-order valence-corrected chi connectivity index (χ3v) is 2.09. The Morgan fingerprint density at radius 3 is 2.59 bits per heavy atom. The molecule has 17 heavy (non-hydrogen) atoms. The highest BCUT2D eigenvalue weighted by Crippen LogP contribution is 1.90. The summed E-state index contributed by atoms with van der Waals surface area (Å²) in [6.07, 6.45) is 2.34. The van der Waals surface area contributed by atoms with Gasteiger partial charge in [-0.2, -0.15) is 0 Å². The summed E-state index contributed by atoms with van der Waals surface area (Å²) in [6, 6.07) is 0. The number of rotatable bonds is 9. The van der Waals surface area contributed by atoms with E-state index in [2.05, 4.69) is 10.3 Å². The van der Waals surface area contributed by atoms with Gasteiger partial charge in [-0.3, -0.25) is 4.79 Å². The van der Waals surface area contributed by atoms with E-state index in [9.17, 15) is 4.79 Å². The fourth-order valence-corrected chi connectivity index (χ4v) is 1.20. The van der Waals surface area contributed by atoms with Crippen molar-refractivity contribution < 1.29 is 14.3 Å². The van der Waals surface area contributed by atoms with E-state index < -0.39 is 0 Å². The molecule has 1 heterocycles. The highest BCUT2D eigenvalue weighted by Gasteiger charge is 1.96. The average molecular weight is 241 g/mol. The molecule has 0 amide bonds. The van der Waals surface area contributed by atoms with Crippen molar-refractivity contribution in [3.05, 3.63) is 11.9 Å². The molecule has 0 bridgehead atoms. The summed E-state index contributed by atoms with van der Waals surface area (Å²) >= 11 is 0. The van der Waals surface area contributed by atoms with E-state index in [0.29, 0.717) is 39.4 Å². The number of aromatic nitrogens is 3. The summed E-state index contributed by atoms with van der Waals surface area (Å²) < 4.78 is 12.3. The minimum Gasteiger partial charge on any atom is -0.379 e. The molecule has 0 aliphatic heterocycles. The van der Waals surface area contributed by atoms with Crippen LogP contribution in [0.15, 0.2) is 6.20 Å². The van der Waals surface area contributed by atoms with Gasteiger partial charge < -0.3 is 9.47 Å². The fourth-order valence-electron chi connectivity index (χ4n) is 1.20. The number of aryl methyl sites for hydroxylation is 1. The average Bonchev–Trinajstić information content (AvgIpc) is 2.68. The molecule has 0 fully saturated rings. The van der Waals surface area contributed by atoms with E-state index >= 15 is 0 Å². The number of carbonyl (C=O) groups is 1. The van der Waals surface area contributed by atoms with Crippen LogP contribution in [0.25, 0.3) is 0 Å². The monoisotopic (exact) mass is 241 g/mol. The quantitative estimate of drug-likeness (QED) is 0.592. The zero-order chi connectivity index (χ0) is 12.5. The van der Waals surface area contributed by atoms with E-state index in [0.717, 1.165) is 5.69 Å². The van der Waals surface area contributed by atoms with Gasteiger partial charge in [0.2, 0.25) is 0 Å². The summed E-state index contributed by atoms with van der Waals surface area (Å²) in [5.74, 6) is 0.146. The van der Waals surface area contributed by atoms with Crippen molar-refractivity contribution in [3.63, 3.8) is 0 Å². The summed E-state index contributed by atoms with van der Waals surface area (Å²) in [6.45, 7) is 6.25. The summed E-state index contributed by atoms with van der Waals surface area (Å²) in [4.78, 5) is 10.6. The minimum absolute atomic E-state index is 0.146. The van der Waals surface area contributed by atoms with Gasteiger partial charge in [-0.05, 0) is 13.8 Å². The first-order valence-corrected chi connectivity index (χ1v) is 5.70. The molecule has 1 aromatic heterocycles. The minimum atomic E-state index is 0.146. The number of ketones is 1. The Labute approximate surface area is 101 Å². The lowest BCUT2D eigenvalue weighted by molar-refractivity contribution is -0.118. The predicted molar refractivity (Wildman–Crippen MR) is 61.7 cm³/mol. The lowest BCUT2D eigenvalue weighted by atomic mass is 10.3. The van der Waals surface area contributed by atoms with Gasteiger partial charge in [0.15, 0.2) is 0 Å². The molecule has 0 aliphatic rings. The van der Waals surface area contributed by atoms with Crippen LogP contribution in [0.4, 0.5) is 0 Å². The molecule has 1 aromatic rings. The number of hydrogen-bond acceptors (Lipinski definition) is 5. The fraction of sp³-hybridized carbons (Fsp3) is 0.727. The van der Waals surface area contributed by atoms with E-state index in [4.69, 9.17) is 9.47 Å². The predicted octanol–water partition coefficient (Wildman–Crippen LogP) is 0.599. The molecule has 0 spiro atoms. The van der Waals surface area contributed by atoms with Crippen LogP contribution in [0.5, 0.6) is 0 Å². The molecule has 0 aliphatic carbocycles. The Morgan fingerprint density at radius 2 is 2.00 bits per heavy atom. The van der Waals surface area contributed by atoms with Crippen molar-refractivity contribution in [2.45, 2.75) is 26.8 Å². The van der Waals surface area contributed by atoms with E-state index in [1.54, 1.807) is 11.6 Å². The van der Waals surface area contributed by atoms with Crippen LogP contribution in [0.3, 0.4) is 0 Å². The third-order valence-electron chi connectivity index (χ3n) is 2.09. The van der Waals surface area contributed by atoms with Crippen LogP contribution in [-0.4, -0.2) is 47.2 Å². The topological polar surface area (TPSA) is 66.2 Å². The standard InChI is InChI=1S/C11H19N3O3/c1-10-9-14(13-12-10)4-6-17-8-7-16-5-3-11(2)15/h9H,3-8H2,1-2H3. The maximum Gasteiger partial charge on any atom is 0.132 e. The molecular weight excluding hydrogens is 222 g/mol. The van der Waals surface area contributed by atoms with Crippen LogP contribution >= 0.6 is 0 Å². The third kappa shape index (κ3) is 6.80. The molecule has 0 saturated carbocycles. The number of hydrogen-bond donors (Lipinski definition) is 0. The number of ether oxygens (including phenoxy) is 2. The molecule has 0 N–H and O–H groups in total. The molecule has 96 valence electrons. The second kappa shape index (κ2) is 7.92. The molecule has 0 saturated heterocycles. The van der Waals surface area contributed by atoms with E-state index in [-0.39, 0.29) is 5.78 Å². The van der Waals surface area contributed by atoms with Crippen LogP contribution in [0.2, 0.25) is 0 Å². The Bertz CT molecular complexity index is 338. The Kier molecular flexibility index (Phi) is 6.42. The maximum atomic E-state index is 10.6. The first-order valence-electron chi connectivity index (χ1n) is 5.70. The molecule has 0 atom stereocenters. The summed E-state index contributed by atoms with van der Waals surface area (Å²) in [5, 5.41) is 7.77. The molecule has 0 radical (unpaired) electrons. The van der Waals surface area contributed by atoms with E-state index in [1.807, 2.05) is 13.1 Å². The van der Waals surface area contributed by atoms with Gasteiger partial charge in [0.25, 0.3) is 0 Å². The lowest BCUT2D eigenvalue weighted by Crippen LogP contribution is -2.11. The highest BCUT2D eigenvalue weighted by molar-refractivity contribution is 5.75. The van der Waals surface area contributed by atoms with Gasteiger partial charge in [0.1, 0.15) is 5.78 Å². The lowest BCUT2D eigenvalue weighted by Gasteiger charge is -2.04. The van der Waals surface area contributed by atoms with Crippen molar-refractivity contribution >= 4 is 5.78 Å². The molecule has 0 aromatic carbocycles. The van der Waals surface area contributed by atoms with Crippen LogP contribution in [-0.2, 0) is 20.8 Å². The number of carbonyl (C=O) groups excluding carboxylic acids is 1. The van der Waals surface area contributed by atoms with Gasteiger partial charge in [0, 0.05) is 12.6 Å².